The Morgan fingerprint density at radius 1 is 1.14 bits per heavy atom. The summed E-state index contributed by atoms with van der Waals surface area (Å²) in [6, 6.07) is 3.79. The SMILES string of the molecule is C=Cc1cc(O)n2c(/C=C\CC)c(C=C)cc2c1/C=C\C. The van der Waals surface area contributed by atoms with Crippen LogP contribution < -0.4 is 0 Å². The minimum atomic E-state index is 0.206. The van der Waals surface area contributed by atoms with Crippen molar-refractivity contribution < 1.29 is 5.11 Å². The lowest BCUT2D eigenvalue weighted by Gasteiger charge is -2.09. The van der Waals surface area contributed by atoms with E-state index in [9.17, 15) is 5.11 Å². The molecule has 0 amide bonds. The van der Waals surface area contributed by atoms with E-state index in [2.05, 4.69) is 26.2 Å². The van der Waals surface area contributed by atoms with Crippen LogP contribution >= 0.6 is 0 Å². The van der Waals surface area contributed by atoms with Crippen LogP contribution in [0.5, 0.6) is 5.88 Å². The van der Waals surface area contributed by atoms with Gasteiger partial charge in [-0.1, -0.05) is 50.5 Å². The number of allylic oxidation sites excluding steroid dienone is 2. The van der Waals surface area contributed by atoms with Crippen LogP contribution in [0.2, 0.25) is 0 Å². The normalized spacial score (nSPS) is 11.7. The molecular weight excluding hydrogens is 258 g/mol. The molecule has 21 heavy (non-hydrogen) atoms. The predicted molar refractivity (Wildman–Crippen MR) is 93.3 cm³/mol. The number of aromatic nitrogens is 1. The molecular formula is C19H21NO. The zero-order chi connectivity index (χ0) is 15.4. The fourth-order valence-corrected chi connectivity index (χ4v) is 2.50. The summed E-state index contributed by atoms with van der Waals surface area (Å²) in [6.07, 6.45) is 12.6. The summed E-state index contributed by atoms with van der Waals surface area (Å²) in [6.45, 7) is 11.8. The van der Waals surface area contributed by atoms with Crippen molar-refractivity contribution in [3.8, 4) is 5.88 Å². The summed E-state index contributed by atoms with van der Waals surface area (Å²) in [4.78, 5) is 0. The molecule has 2 rings (SSSR count). The van der Waals surface area contributed by atoms with E-state index in [1.165, 1.54) is 0 Å². The van der Waals surface area contributed by atoms with Gasteiger partial charge in [-0.2, -0.15) is 0 Å². The van der Waals surface area contributed by atoms with Crippen LogP contribution in [0.15, 0.2) is 37.4 Å². The largest absolute Gasteiger partial charge is 0.494 e. The first-order chi connectivity index (χ1) is 10.2. The van der Waals surface area contributed by atoms with Gasteiger partial charge in [-0.3, -0.25) is 4.40 Å². The van der Waals surface area contributed by atoms with Crippen LogP contribution in [0.3, 0.4) is 0 Å². The third kappa shape index (κ3) is 2.57. The molecule has 2 nitrogen and oxygen atoms in total. The Balaban J connectivity index is 2.93. The van der Waals surface area contributed by atoms with Gasteiger partial charge in [0.15, 0.2) is 5.88 Å². The lowest BCUT2D eigenvalue weighted by Crippen LogP contribution is -1.94. The lowest BCUT2D eigenvalue weighted by atomic mass is 10.1. The van der Waals surface area contributed by atoms with Gasteiger partial charge in [0.1, 0.15) is 0 Å². The molecule has 108 valence electrons. The van der Waals surface area contributed by atoms with E-state index < -0.39 is 0 Å². The fraction of sp³-hybridized carbons (Fsp3) is 0.158. The van der Waals surface area contributed by atoms with Crippen LogP contribution in [-0.4, -0.2) is 9.51 Å². The highest BCUT2D eigenvalue weighted by molar-refractivity contribution is 5.83. The summed E-state index contributed by atoms with van der Waals surface area (Å²) in [7, 11) is 0. The van der Waals surface area contributed by atoms with Gasteiger partial charge >= 0.3 is 0 Å². The second kappa shape index (κ2) is 6.31. The van der Waals surface area contributed by atoms with E-state index in [1.807, 2.05) is 41.7 Å². The molecule has 0 bridgehead atoms. The molecule has 0 fully saturated rings. The van der Waals surface area contributed by atoms with Gasteiger partial charge in [0, 0.05) is 17.2 Å². The van der Waals surface area contributed by atoms with Crippen molar-refractivity contribution in [3.05, 3.63) is 59.8 Å². The van der Waals surface area contributed by atoms with Crippen LogP contribution in [0.4, 0.5) is 0 Å². The number of fused-ring (bicyclic) bond motifs is 1. The minimum Gasteiger partial charge on any atom is -0.494 e. The Bertz CT molecular complexity index is 745. The average Bonchev–Trinajstić information content (AvgIpc) is 2.87. The van der Waals surface area contributed by atoms with Gasteiger partial charge in [-0.25, -0.2) is 0 Å². The maximum Gasteiger partial charge on any atom is 0.196 e. The summed E-state index contributed by atoms with van der Waals surface area (Å²) in [5.74, 6) is 0.206. The molecule has 1 N–H and O–H groups in total. The fourth-order valence-electron chi connectivity index (χ4n) is 2.50. The van der Waals surface area contributed by atoms with E-state index in [1.54, 1.807) is 12.1 Å². The van der Waals surface area contributed by atoms with Crippen molar-refractivity contribution in [1.82, 2.24) is 4.40 Å². The Morgan fingerprint density at radius 3 is 2.43 bits per heavy atom. The van der Waals surface area contributed by atoms with Crippen LogP contribution in [-0.2, 0) is 0 Å². The van der Waals surface area contributed by atoms with E-state index in [-0.39, 0.29) is 5.88 Å². The van der Waals surface area contributed by atoms with Gasteiger partial charge in [-0.05, 0) is 31.1 Å². The Kier molecular flexibility index (Phi) is 4.49. The molecule has 0 saturated heterocycles. The molecule has 0 saturated carbocycles. The number of rotatable bonds is 5. The van der Waals surface area contributed by atoms with Gasteiger partial charge in [0.25, 0.3) is 0 Å². The van der Waals surface area contributed by atoms with E-state index in [4.69, 9.17) is 0 Å². The summed E-state index contributed by atoms with van der Waals surface area (Å²) in [5.41, 5.74) is 4.86. The Morgan fingerprint density at radius 2 is 1.86 bits per heavy atom. The van der Waals surface area contributed by atoms with Crippen molar-refractivity contribution in [2.75, 3.05) is 0 Å². The topological polar surface area (TPSA) is 24.6 Å². The van der Waals surface area contributed by atoms with Crippen LogP contribution in [0, 0.1) is 0 Å². The minimum absolute atomic E-state index is 0.206. The maximum absolute atomic E-state index is 10.4. The predicted octanol–water partition coefficient (Wildman–Crippen LogP) is 5.39. The van der Waals surface area contributed by atoms with Gasteiger partial charge in [0.2, 0.25) is 0 Å². The third-order valence-electron chi connectivity index (χ3n) is 3.46. The van der Waals surface area contributed by atoms with Crippen molar-refractivity contribution >= 4 is 29.8 Å². The van der Waals surface area contributed by atoms with Crippen molar-refractivity contribution in [2.24, 2.45) is 0 Å². The molecule has 0 radical (unpaired) electrons. The summed E-state index contributed by atoms with van der Waals surface area (Å²) >= 11 is 0. The molecule has 0 aliphatic carbocycles. The zero-order valence-corrected chi connectivity index (χ0v) is 12.6. The first-order valence-electron chi connectivity index (χ1n) is 7.13. The van der Waals surface area contributed by atoms with Crippen LogP contribution in [0.25, 0.3) is 29.8 Å². The first kappa shape index (κ1) is 14.9. The number of hydrogen-bond donors (Lipinski definition) is 1. The average molecular weight is 279 g/mol. The standard InChI is InChI=1S/C19H21NO/c1-5-9-11-17-15(8-4)12-18-16(10-6-2)14(7-3)13-19(21)20(17)18/h6-13,21H,3-5H2,1-2H3/b10-6-,11-9-. The molecule has 0 aromatic carbocycles. The van der Waals surface area contributed by atoms with Gasteiger partial charge in [0.05, 0.1) is 11.2 Å². The van der Waals surface area contributed by atoms with E-state index in [0.29, 0.717) is 0 Å². The highest BCUT2D eigenvalue weighted by atomic mass is 16.3. The van der Waals surface area contributed by atoms with Crippen molar-refractivity contribution in [2.45, 2.75) is 20.3 Å². The highest BCUT2D eigenvalue weighted by Gasteiger charge is 2.14. The molecule has 0 unspecified atom stereocenters. The zero-order valence-electron chi connectivity index (χ0n) is 12.6. The summed E-state index contributed by atoms with van der Waals surface area (Å²) < 4.78 is 1.85. The monoisotopic (exact) mass is 279 g/mol. The van der Waals surface area contributed by atoms with Gasteiger partial charge in [-0.15, -0.1) is 0 Å². The number of hydrogen-bond acceptors (Lipinski definition) is 1. The maximum atomic E-state index is 10.4. The van der Waals surface area contributed by atoms with Crippen molar-refractivity contribution in [3.63, 3.8) is 0 Å². The van der Waals surface area contributed by atoms with E-state index in [0.717, 1.165) is 34.3 Å². The molecule has 0 aliphatic rings. The lowest BCUT2D eigenvalue weighted by molar-refractivity contribution is 0.445. The molecule has 0 aliphatic heterocycles. The van der Waals surface area contributed by atoms with E-state index >= 15 is 0 Å². The van der Waals surface area contributed by atoms with Gasteiger partial charge < -0.3 is 5.11 Å². The second-order valence-corrected chi connectivity index (χ2v) is 4.80. The highest BCUT2D eigenvalue weighted by Crippen LogP contribution is 2.31. The smallest absolute Gasteiger partial charge is 0.196 e. The molecule has 2 heterocycles. The number of pyridine rings is 1. The number of nitrogens with zero attached hydrogens (tertiary/aromatic N) is 1. The molecule has 0 atom stereocenters. The molecule has 2 aromatic heterocycles. The van der Waals surface area contributed by atoms with Crippen molar-refractivity contribution in [1.29, 1.82) is 0 Å². The number of aromatic hydroxyl groups is 1. The molecule has 0 spiro atoms. The Labute approximate surface area is 126 Å². The third-order valence-corrected chi connectivity index (χ3v) is 3.46. The second-order valence-electron chi connectivity index (χ2n) is 4.80. The van der Waals surface area contributed by atoms with Crippen LogP contribution in [0.1, 0.15) is 42.7 Å². The molecule has 2 aromatic rings. The summed E-state index contributed by atoms with van der Waals surface area (Å²) in [5, 5.41) is 10.4. The Hall–Kier alpha value is -2.48. The quantitative estimate of drug-likeness (QED) is 0.780. The molecule has 2 heteroatoms. The first-order valence-corrected chi connectivity index (χ1v) is 7.13.